The molecule has 0 aliphatic heterocycles. The molecule has 0 spiro atoms. The highest BCUT2D eigenvalue weighted by Crippen LogP contribution is 2.19. The first-order valence-electron chi connectivity index (χ1n) is 9.69. The Balaban J connectivity index is 1.74. The molecule has 0 bridgehead atoms. The summed E-state index contributed by atoms with van der Waals surface area (Å²) in [5.41, 5.74) is 1.27. The highest BCUT2D eigenvalue weighted by atomic mass is 32.2. The Morgan fingerprint density at radius 3 is 2.52 bits per heavy atom. The highest BCUT2D eigenvalue weighted by molar-refractivity contribution is 8.00. The number of hydrogen-bond donors (Lipinski definition) is 0. The number of unbranched alkanes of at least 4 members (excludes halogenated alkanes) is 6. The average Bonchev–Trinajstić information content (AvgIpc) is 3.15. The van der Waals surface area contributed by atoms with Crippen molar-refractivity contribution in [1.82, 2.24) is 9.55 Å². The molecule has 0 saturated heterocycles. The fourth-order valence-electron chi connectivity index (χ4n) is 2.85. The van der Waals surface area contributed by atoms with Crippen LogP contribution in [0.3, 0.4) is 0 Å². The van der Waals surface area contributed by atoms with Crippen molar-refractivity contribution in [1.29, 1.82) is 0 Å². The van der Waals surface area contributed by atoms with E-state index in [0.717, 1.165) is 6.54 Å². The van der Waals surface area contributed by atoms with Gasteiger partial charge in [-0.3, -0.25) is 0 Å². The minimum absolute atomic E-state index is 0.495. The molecular weight excluding hydrogens is 324 g/mol. The smallest absolute Gasteiger partial charge is 0.0946 e. The Bertz CT molecular complexity index is 563. The monoisotopic (exact) mass is 356 g/mol. The maximum absolute atomic E-state index is 4.17. The summed E-state index contributed by atoms with van der Waals surface area (Å²) >= 11 is 2.07. The molecule has 2 aromatic rings. The van der Waals surface area contributed by atoms with Crippen LogP contribution in [0.1, 0.15) is 57.4 Å². The normalized spacial score (nSPS) is 12.7. The van der Waals surface area contributed by atoms with Crippen molar-refractivity contribution in [3.05, 3.63) is 60.7 Å². The second-order valence-electron chi connectivity index (χ2n) is 6.56. The van der Waals surface area contributed by atoms with Gasteiger partial charge >= 0.3 is 0 Å². The third kappa shape index (κ3) is 8.97. The molecule has 0 aliphatic rings. The van der Waals surface area contributed by atoms with E-state index in [1.165, 1.54) is 56.3 Å². The van der Waals surface area contributed by atoms with E-state index in [-0.39, 0.29) is 0 Å². The molecule has 3 heteroatoms. The van der Waals surface area contributed by atoms with Gasteiger partial charge in [0.05, 0.1) is 6.33 Å². The largest absolute Gasteiger partial charge is 0.336 e. The molecule has 136 valence electrons. The van der Waals surface area contributed by atoms with Crippen molar-refractivity contribution < 1.29 is 0 Å². The lowest BCUT2D eigenvalue weighted by molar-refractivity contribution is 0.603. The van der Waals surface area contributed by atoms with E-state index in [1.54, 1.807) is 0 Å². The maximum Gasteiger partial charge on any atom is 0.0946 e. The van der Waals surface area contributed by atoms with Crippen LogP contribution in [-0.4, -0.2) is 20.6 Å². The topological polar surface area (TPSA) is 17.8 Å². The Morgan fingerprint density at radius 2 is 1.80 bits per heavy atom. The second kappa shape index (κ2) is 12.8. The van der Waals surface area contributed by atoms with Crippen molar-refractivity contribution in [2.24, 2.45) is 0 Å². The van der Waals surface area contributed by atoms with Crippen LogP contribution in [0, 0.1) is 0 Å². The molecule has 25 heavy (non-hydrogen) atoms. The first-order chi connectivity index (χ1) is 12.4. The zero-order valence-electron chi connectivity index (χ0n) is 15.5. The van der Waals surface area contributed by atoms with E-state index in [2.05, 4.69) is 76.9 Å². The molecule has 1 heterocycles. The number of benzene rings is 1. The summed E-state index contributed by atoms with van der Waals surface area (Å²) in [5, 5.41) is 0.495. The first kappa shape index (κ1) is 19.8. The van der Waals surface area contributed by atoms with Gasteiger partial charge in [0, 0.05) is 24.2 Å². The van der Waals surface area contributed by atoms with Crippen LogP contribution in [0.15, 0.2) is 55.1 Å². The van der Waals surface area contributed by atoms with E-state index in [1.807, 2.05) is 12.5 Å². The fourth-order valence-corrected chi connectivity index (χ4v) is 3.99. The lowest BCUT2D eigenvalue weighted by Crippen LogP contribution is -2.10. The van der Waals surface area contributed by atoms with Crippen molar-refractivity contribution in [3.63, 3.8) is 0 Å². The summed E-state index contributed by atoms with van der Waals surface area (Å²) in [6, 6.07) is 10.6. The quantitative estimate of drug-likeness (QED) is 0.384. The Labute approximate surface area is 157 Å². The van der Waals surface area contributed by atoms with Gasteiger partial charge in [-0.1, -0.05) is 87.9 Å². The Morgan fingerprint density at radius 1 is 1.04 bits per heavy atom. The molecule has 1 atom stereocenters. The number of nitrogens with zero attached hydrogens (tertiary/aromatic N) is 2. The van der Waals surface area contributed by atoms with Crippen molar-refractivity contribution in [3.8, 4) is 0 Å². The predicted octanol–water partition coefficient (Wildman–Crippen LogP) is 6.45. The number of aromatic nitrogens is 2. The lowest BCUT2D eigenvalue weighted by atomic mass is 10.1. The van der Waals surface area contributed by atoms with Crippen LogP contribution >= 0.6 is 11.8 Å². The third-order valence-corrected chi connectivity index (χ3v) is 5.59. The van der Waals surface area contributed by atoms with E-state index < -0.39 is 0 Å². The van der Waals surface area contributed by atoms with Crippen LogP contribution in [-0.2, 0) is 6.54 Å². The van der Waals surface area contributed by atoms with Gasteiger partial charge in [0.1, 0.15) is 0 Å². The van der Waals surface area contributed by atoms with Crippen molar-refractivity contribution >= 4 is 17.8 Å². The summed E-state index contributed by atoms with van der Waals surface area (Å²) in [6.07, 6.45) is 20.1. The molecule has 0 saturated carbocycles. The lowest BCUT2D eigenvalue weighted by Gasteiger charge is -2.13. The molecule has 2 rings (SSSR count). The summed E-state index contributed by atoms with van der Waals surface area (Å²) in [5.74, 6) is 1.24. The highest BCUT2D eigenvalue weighted by Gasteiger charge is 2.06. The van der Waals surface area contributed by atoms with E-state index >= 15 is 0 Å². The SMILES string of the molecule is CCCCCCCCCSC(/C=C/c1ccccc1)Cn1ccnc1. The third-order valence-electron chi connectivity index (χ3n) is 4.33. The molecule has 0 radical (unpaired) electrons. The molecule has 0 fully saturated rings. The molecule has 0 aliphatic carbocycles. The van der Waals surface area contributed by atoms with Gasteiger partial charge in [-0.2, -0.15) is 11.8 Å². The molecule has 1 unspecified atom stereocenters. The fraction of sp³-hybridized carbons (Fsp3) is 0.500. The first-order valence-corrected chi connectivity index (χ1v) is 10.7. The van der Waals surface area contributed by atoms with Gasteiger partial charge < -0.3 is 4.57 Å². The summed E-state index contributed by atoms with van der Waals surface area (Å²) in [4.78, 5) is 4.17. The average molecular weight is 357 g/mol. The van der Waals surface area contributed by atoms with E-state index in [9.17, 15) is 0 Å². The van der Waals surface area contributed by atoms with Crippen molar-refractivity contribution in [2.45, 2.75) is 63.7 Å². The van der Waals surface area contributed by atoms with Crippen LogP contribution in [0.4, 0.5) is 0 Å². The van der Waals surface area contributed by atoms with E-state index in [4.69, 9.17) is 0 Å². The number of imidazole rings is 1. The molecule has 1 aromatic heterocycles. The van der Waals surface area contributed by atoms with Crippen LogP contribution < -0.4 is 0 Å². The molecule has 2 nitrogen and oxygen atoms in total. The van der Waals surface area contributed by atoms with E-state index in [0.29, 0.717) is 5.25 Å². The van der Waals surface area contributed by atoms with Gasteiger partial charge in [-0.15, -0.1) is 0 Å². The summed E-state index contributed by atoms with van der Waals surface area (Å²) in [7, 11) is 0. The summed E-state index contributed by atoms with van der Waals surface area (Å²) < 4.78 is 2.18. The zero-order valence-corrected chi connectivity index (χ0v) is 16.3. The number of rotatable bonds is 13. The standard InChI is InChI=1S/C22H32N2S/c1-2-3-4-5-6-7-11-18-25-22(19-24-17-16-23-20-24)15-14-21-12-9-8-10-13-21/h8-10,12-17,20,22H,2-7,11,18-19H2,1H3/b15-14+. The zero-order chi connectivity index (χ0) is 17.6. The van der Waals surface area contributed by atoms with Crippen LogP contribution in [0.25, 0.3) is 6.08 Å². The minimum Gasteiger partial charge on any atom is -0.336 e. The van der Waals surface area contributed by atoms with Crippen LogP contribution in [0.5, 0.6) is 0 Å². The second-order valence-corrected chi connectivity index (χ2v) is 7.91. The maximum atomic E-state index is 4.17. The minimum atomic E-state index is 0.495. The molecular formula is C22H32N2S. The van der Waals surface area contributed by atoms with Gasteiger partial charge in [0.2, 0.25) is 0 Å². The van der Waals surface area contributed by atoms with Crippen molar-refractivity contribution in [2.75, 3.05) is 5.75 Å². The number of thioether (sulfide) groups is 1. The van der Waals surface area contributed by atoms with Crippen LogP contribution in [0.2, 0.25) is 0 Å². The van der Waals surface area contributed by atoms with Gasteiger partial charge in [0.15, 0.2) is 0 Å². The van der Waals surface area contributed by atoms with Gasteiger partial charge in [-0.05, 0) is 17.7 Å². The van der Waals surface area contributed by atoms with Gasteiger partial charge in [0.25, 0.3) is 0 Å². The predicted molar refractivity (Wildman–Crippen MR) is 112 cm³/mol. The Kier molecular flexibility index (Phi) is 10.2. The number of hydrogen-bond acceptors (Lipinski definition) is 2. The Hall–Kier alpha value is -1.48. The van der Waals surface area contributed by atoms with Gasteiger partial charge in [-0.25, -0.2) is 4.98 Å². The molecule has 0 N–H and O–H groups in total. The molecule has 0 amide bonds. The molecule has 1 aromatic carbocycles. The summed E-state index contributed by atoms with van der Waals surface area (Å²) in [6.45, 7) is 3.27.